The van der Waals surface area contributed by atoms with Gasteiger partial charge in [0.25, 0.3) is 0 Å². The van der Waals surface area contributed by atoms with Gasteiger partial charge in [0.05, 0.1) is 20.5 Å². The first kappa shape index (κ1) is 12.0. The molecule has 92 valence electrons. The number of fused-ring (bicyclic) bond motifs is 1. The van der Waals surface area contributed by atoms with Crippen LogP contribution in [0, 0.1) is 0 Å². The average Bonchev–Trinajstić information content (AvgIpc) is 2.92. The maximum absolute atomic E-state index is 5.76. The summed E-state index contributed by atoms with van der Waals surface area (Å²) in [6.07, 6.45) is 0. The molecule has 0 aliphatic carbocycles. The highest BCUT2D eigenvalue weighted by Gasteiger charge is 2.04. The van der Waals surface area contributed by atoms with E-state index in [2.05, 4.69) is 38.4 Å². The van der Waals surface area contributed by atoms with Crippen LogP contribution in [0.2, 0.25) is 0 Å². The topological polar surface area (TPSA) is 50.9 Å². The molecule has 1 aromatic carbocycles. The monoisotopic (exact) mass is 339 g/mol. The molecule has 3 N–H and O–H groups in total. The first-order chi connectivity index (χ1) is 8.70. The van der Waals surface area contributed by atoms with E-state index in [0.717, 1.165) is 31.4 Å². The number of benzene rings is 1. The van der Waals surface area contributed by atoms with E-state index < -0.39 is 0 Å². The number of nitrogens with two attached hydrogens (primary N) is 1. The van der Waals surface area contributed by atoms with Crippen molar-refractivity contribution in [3.05, 3.63) is 39.0 Å². The Kier molecular flexibility index (Phi) is 3.23. The van der Waals surface area contributed by atoms with Gasteiger partial charge in [-0.25, -0.2) is 4.98 Å². The fourth-order valence-electron chi connectivity index (χ4n) is 1.63. The minimum Gasteiger partial charge on any atom is -0.399 e. The van der Waals surface area contributed by atoms with Gasteiger partial charge in [0.1, 0.15) is 0 Å². The number of hydrogen-bond acceptors (Lipinski definition) is 5. The second-order valence-corrected chi connectivity index (χ2v) is 7.38. The fraction of sp³-hybridized carbons (Fsp3) is 0.0833. The molecule has 0 unspecified atom stereocenters. The molecule has 0 bridgehead atoms. The van der Waals surface area contributed by atoms with Crippen LogP contribution in [-0.4, -0.2) is 4.98 Å². The molecular formula is C12H10BrN3S2. The summed E-state index contributed by atoms with van der Waals surface area (Å²) in [5.41, 5.74) is 7.52. The molecule has 0 aliphatic heterocycles. The lowest BCUT2D eigenvalue weighted by Gasteiger charge is -1.98. The standard InChI is InChI=1S/C12H10BrN3S2/c13-11-4-2-8(17-11)6-15-12-16-9-3-1-7(14)5-10(9)18-12/h1-5H,6,14H2,(H,15,16). The molecule has 0 amide bonds. The van der Waals surface area contributed by atoms with E-state index in [9.17, 15) is 0 Å². The Labute approximate surface area is 121 Å². The van der Waals surface area contributed by atoms with E-state index in [1.807, 2.05) is 18.2 Å². The van der Waals surface area contributed by atoms with E-state index in [0.29, 0.717) is 0 Å². The van der Waals surface area contributed by atoms with Crippen LogP contribution in [0.5, 0.6) is 0 Å². The number of nitrogen functional groups attached to an aromatic ring is 1. The molecule has 6 heteroatoms. The largest absolute Gasteiger partial charge is 0.399 e. The van der Waals surface area contributed by atoms with Crippen molar-refractivity contribution < 1.29 is 0 Å². The summed E-state index contributed by atoms with van der Waals surface area (Å²) in [6.45, 7) is 0.797. The van der Waals surface area contributed by atoms with Crippen LogP contribution < -0.4 is 11.1 Å². The molecule has 3 rings (SSSR count). The first-order valence-electron chi connectivity index (χ1n) is 5.35. The number of nitrogens with one attached hydrogen (secondary N) is 1. The van der Waals surface area contributed by atoms with E-state index in [-0.39, 0.29) is 0 Å². The quantitative estimate of drug-likeness (QED) is 0.699. The highest BCUT2D eigenvalue weighted by atomic mass is 79.9. The average molecular weight is 340 g/mol. The lowest BCUT2D eigenvalue weighted by molar-refractivity contribution is 1.18. The summed E-state index contributed by atoms with van der Waals surface area (Å²) in [4.78, 5) is 5.80. The number of nitrogens with zero attached hydrogens (tertiary/aromatic N) is 1. The summed E-state index contributed by atoms with van der Waals surface area (Å²) in [5.74, 6) is 0. The molecule has 2 heterocycles. The Morgan fingerprint density at radius 1 is 1.22 bits per heavy atom. The van der Waals surface area contributed by atoms with E-state index >= 15 is 0 Å². The Balaban J connectivity index is 1.78. The van der Waals surface area contributed by atoms with Crippen LogP contribution in [0.1, 0.15) is 4.88 Å². The normalized spacial score (nSPS) is 10.9. The number of hydrogen-bond donors (Lipinski definition) is 2. The van der Waals surface area contributed by atoms with Gasteiger partial charge in [0, 0.05) is 10.6 Å². The zero-order chi connectivity index (χ0) is 12.5. The van der Waals surface area contributed by atoms with Crippen LogP contribution in [0.25, 0.3) is 10.2 Å². The Morgan fingerprint density at radius 3 is 2.89 bits per heavy atom. The molecule has 2 aromatic heterocycles. The summed E-state index contributed by atoms with van der Waals surface area (Å²) in [6, 6.07) is 9.95. The van der Waals surface area contributed by atoms with Gasteiger partial charge in [-0.1, -0.05) is 11.3 Å². The zero-order valence-electron chi connectivity index (χ0n) is 9.31. The highest BCUT2D eigenvalue weighted by Crippen LogP contribution is 2.28. The summed E-state index contributed by atoms with van der Waals surface area (Å²) < 4.78 is 2.27. The highest BCUT2D eigenvalue weighted by molar-refractivity contribution is 9.11. The van der Waals surface area contributed by atoms with Gasteiger partial charge in [-0.3, -0.25) is 0 Å². The van der Waals surface area contributed by atoms with Gasteiger partial charge in [-0.2, -0.15) is 0 Å². The van der Waals surface area contributed by atoms with Crippen molar-refractivity contribution in [2.45, 2.75) is 6.54 Å². The molecule has 0 atom stereocenters. The Hall–Kier alpha value is -1.11. The van der Waals surface area contributed by atoms with Crippen molar-refractivity contribution in [3.8, 4) is 0 Å². The van der Waals surface area contributed by atoms with Crippen LogP contribution in [0.15, 0.2) is 34.1 Å². The molecule has 0 aliphatic rings. The van der Waals surface area contributed by atoms with E-state index in [4.69, 9.17) is 5.73 Å². The second kappa shape index (κ2) is 4.87. The van der Waals surface area contributed by atoms with Crippen LogP contribution in [0.4, 0.5) is 10.8 Å². The third kappa shape index (κ3) is 2.50. The second-order valence-electron chi connectivity index (χ2n) is 3.81. The zero-order valence-corrected chi connectivity index (χ0v) is 12.5. The number of thiazole rings is 1. The number of rotatable bonds is 3. The predicted molar refractivity (Wildman–Crippen MR) is 83.4 cm³/mol. The third-order valence-electron chi connectivity index (χ3n) is 2.46. The first-order valence-corrected chi connectivity index (χ1v) is 7.77. The maximum Gasteiger partial charge on any atom is 0.184 e. The van der Waals surface area contributed by atoms with Gasteiger partial charge < -0.3 is 11.1 Å². The third-order valence-corrected chi connectivity index (χ3v) is 5.05. The maximum atomic E-state index is 5.76. The molecule has 3 nitrogen and oxygen atoms in total. The van der Waals surface area contributed by atoms with E-state index in [1.165, 1.54) is 4.88 Å². The minimum absolute atomic E-state index is 0.778. The van der Waals surface area contributed by atoms with Crippen molar-refractivity contribution in [1.82, 2.24) is 4.98 Å². The number of halogens is 1. The van der Waals surface area contributed by atoms with Crippen molar-refractivity contribution in [3.63, 3.8) is 0 Å². The fourth-order valence-corrected chi connectivity index (χ4v) is 3.96. The van der Waals surface area contributed by atoms with Crippen LogP contribution in [0.3, 0.4) is 0 Å². The predicted octanol–water partition coefficient (Wildman–Crippen LogP) is 4.31. The SMILES string of the molecule is Nc1ccc2nc(NCc3ccc(Br)s3)sc2c1. The van der Waals surface area contributed by atoms with E-state index in [1.54, 1.807) is 22.7 Å². The van der Waals surface area contributed by atoms with Gasteiger partial charge in [-0.15, -0.1) is 11.3 Å². The smallest absolute Gasteiger partial charge is 0.184 e. The summed E-state index contributed by atoms with van der Waals surface area (Å²) >= 11 is 6.81. The Bertz CT molecular complexity index is 690. The van der Waals surface area contributed by atoms with Gasteiger partial charge in [0.15, 0.2) is 5.13 Å². The molecule has 0 radical (unpaired) electrons. The van der Waals surface area contributed by atoms with Crippen molar-refractivity contribution in [2.75, 3.05) is 11.1 Å². The molecule has 0 saturated heterocycles. The summed E-state index contributed by atoms with van der Waals surface area (Å²) in [5, 5.41) is 4.27. The molecule has 0 fully saturated rings. The minimum atomic E-state index is 0.778. The molecule has 3 aromatic rings. The number of aromatic nitrogens is 1. The molecule has 0 saturated carbocycles. The van der Waals surface area contributed by atoms with Gasteiger partial charge >= 0.3 is 0 Å². The number of anilines is 2. The lowest BCUT2D eigenvalue weighted by Crippen LogP contribution is -1.95. The van der Waals surface area contributed by atoms with Crippen molar-refractivity contribution in [1.29, 1.82) is 0 Å². The number of thiophene rings is 1. The summed E-state index contributed by atoms with van der Waals surface area (Å²) in [7, 11) is 0. The molecule has 18 heavy (non-hydrogen) atoms. The van der Waals surface area contributed by atoms with Gasteiger partial charge in [0.2, 0.25) is 0 Å². The van der Waals surface area contributed by atoms with Crippen LogP contribution >= 0.6 is 38.6 Å². The lowest BCUT2D eigenvalue weighted by atomic mass is 10.3. The molecule has 0 spiro atoms. The van der Waals surface area contributed by atoms with Crippen molar-refractivity contribution >= 4 is 59.6 Å². The van der Waals surface area contributed by atoms with Crippen molar-refractivity contribution in [2.24, 2.45) is 0 Å². The molecular weight excluding hydrogens is 330 g/mol. The Morgan fingerprint density at radius 2 is 2.11 bits per heavy atom. The van der Waals surface area contributed by atoms with Gasteiger partial charge in [-0.05, 0) is 46.3 Å². The van der Waals surface area contributed by atoms with Crippen LogP contribution in [-0.2, 0) is 6.54 Å².